The number of rotatable bonds is 12. The van der Waals surface area contributed by atoms with E-state index in [2.05, 4.69) is 11.1 Å². The van der Waals surface area contributed by atoms with Crippen LogP contribution in [0.2, 0.25) is 5.02 Å². The molecule has 1 fully saturated rings. The number of nitrogens with zero attached hydrogens (tertiary/aromatic N) is 3. The van der Waals surface area contributed by atoms with Crippen LogP contribution in [-0.4, -0.2) is 47.5 Å². The molecule has 1 heterocycles. The fraction of sp³-hybridized carbons (Fsp3) is 0.333. The zero-order valence-electron chi connectivity index (χ0n) is 28.7. The number of carbonyl (C=O) groups is 1. The Morgan fingerprint density at radius 2 is 1.57 bits per heavy atom. The van der Waals surface area contributed by atoms with Crippen LogP contribution in [0.1, 0.15) is 73.8 Å². The predicted molar refractivity (Wildman–Crippen MR) is 182 cm³/mol. The fourth-order valence-electron chi connectivity index (χ4n) is 5.59. The van der Waals surface area contributed by atoms with Crippen LogP contribution < -0.4 is 9.64 Å². The maximum atomic E-state index is 15.0. The Morgan fingerprint density at radius 3 is 2.11 bits per heavy atom. The lowest BCUT2D eigenvalue weighted by Gasteiger charge is -2.30. The highest BCUT2D eigenvalue weighted by Gasteiger charge is 2.39. The summed E-state index contributed by atoms with van der Waals surface area (Å²) in [6, 6.07) is 10.2. The van der Waals surface area contributed by atoms with Crippen molar-refractivity contribution in [2.75, 3.05) is 18.6 Å². The Labute approximate surface area is 306 Å². The summed E-state index contributed by atoms with van der Waals surface area (Å²) >= 11 is 5.78. The molecule has 17 heteroatoms. The van der Waals surface area contributed by atoms with Crippen LogP contribution in [0.15, 0.2) is 53.6 Å². The van der Waals surface area contributed by atoms with Gasteiger partial charge >= 0.3 is 0 Å². The lowest BCUT2D eigenvalue weighted by molar-refractivity contribution is -0.119. The first-order valence-electron chi connectivity index (χ1n) is 16.0. The molecule has 2 N–H and O–H groups in total. The van der Waals surface area contributed by atoms with Crippen molar-refractivity contribution in [3.63, 3.8) is 0 Å². The summed E-state index contributed by atoms with van der Waals surface area (Å²) < 4.78 is 121. The Balaban J connectivity index is 1.67. The molecule has 5 rings (SSSR count). The number of pyridine rings is 1. The average Bonchev–Trinajstić information content (AvgIpc) is 3.95. The van der Waals surface area contributed by atoms with Gasteiger partial charge in [-0.2, -0.15) is 4.31 Å². The third kappa shape index (κ3) is 8.46. The molecule has 1 aliphatic carbocycles. The van der Waals surface area contributed by atoms with Crippen molar-refractivity contribution in [1.82, 2.24) is 9.29 Å². The monoisotopic (exact) mass is 785 g/mol. The molecule has 0 bridgehead atoms. The van der Waals surface area contributed by atoms with E-state index >= 15 is 8.78 Å². The molecular weight excluding hydrogens is 752 g/mol. The summed E-state index contributed by atoms with van der Waals surface area (Å²) in [5, 5.41) is 19.3. The number of aliphatic hydroxyl groups is 2. The number of carbonyl (C=O) groups excluding carboxylic acids is 1. The number of sulfonamides is 1. The molecular formula is C36H34ClF6N3O6S. The van der Waals surface area contributed by atoms with Gasteiger partial charge in [0.15, 0.2) is 34.5 Å². The van der Waals surface area contributed by atoms with Crippen molar-refractivity contribution in [2.45, 2.75) is 69.2 Å². The molecule has 1 saturated carbocycles. The van der Waals surface area contributed by atoms with E-state index in [0.717, 1.165) is 41.1 Å². The summed E-state index contributed by atoms with van der Waals surface area (Å²) in [4.78, 5) is 16.9. The SMILES string of the molecule is COc1cc(C(O)O)ccc1N(Cc1cc(C2CC2)cc(C(C)(C)C)c1)C(=O)CN(Cc1ncc(Cl)cc1F)S(=O)(=O)c1c(F)c(F)c(F)c(F)c1F. The Morgan fingerprint density at radius 1 is 0.943 bits per heavy atom. The van der Waals surface area contributed by atoms with Gasteiger partial charge in [-0.3, -0.25) is 9.78 Å². The van der Waals surface area contributed by atoms with E-state index < -0.39 is 80.8 Å². The van der Waals surface area contributed by atoms with Gasteiger partial charge in [0, 0.05) is 11.8 Å². The lowest BCUT2D eigenvalue weighted by Crippen LogP contribution is -2.43. The number of amides is 1. The van der Waals surface area contributed by atoms with Crippen molar-refractivity contribution in [2.24, 2.45) is 0 Å². The van der Waals surface area contributed by atoms with E-state index in [0.29, 0.717) is 5.56 Å². The minimum atomic E-state index is -5.85. The summed E-state index contributed by atoms with van der Waals surface area (Å²) in [6.45, 7) is 3.11. The van der Waals surface area contributed by atoms with Crippen LogP contribution in [0, 0.1) is 34.9 Å². The molecule has 0 spiro atoms. The maximum Gasteiger partial charge on any atom is 0.249 e. The van der Waals surface area contributed by atoms with E-state index in [4.69, 9.17) is 16.3 Å². The van der Waals surface area contributed by atoms with Crippen LogP contribution >= 0.6 is 11.6 Å². The molecule has 0 saturated heterocycles. The highest BCUT2D eigenvalue weighted by atomic mass is 35.5. The number of aromatic nitrogens is 1. The molecule has 9 nitrogen and oxygen atoms in total. The summed E-state index contributed by atoms with van der Waals surface area (Å²) in [5.41, 5.74) is 1.36. The molecule has 3 aromatic carbocycles. The first-order valence-corrected chi connectivity index (χ1v) is 17.9. The Hall–Kier alpha value is -4.22. The second kappa shape index (κ2) is 15.3. The number of benzene rings is 3. The third-order valence-corrected chi connectivity index (χ3v) is 10.7. The van der Waals surface area contributed by atoms with E-state index in [1.54, 1.807) is 0 Å². The molecule has 0 radical (unpaired) electrons. The molecule has 53 heavy (non-hydrogen) atoms. The van der Waals surface area contributed by atoms with E-state index in [-0.39, 0.29) is 44.2 Å². The van der Waals surface area contributed by atoms with Crippen LogP contribution in [-0.2, 0) is 33.3 Å². The third-order valence-electron chi connectivity index (χ3n) is 8.65. The van der Waals surface area contributed by atoms with E-state index in [1.807, 2.05) is 32.9 Å². The van der Waals surface area contributed by atoms with Gasteiger partial charge in [0.1, 0.15) is 11.6 Å². The summed E-state index contributed by atoms with van der Waals surface area (Å²) in [5.74, 6) is -15.3. The van der Waals surface area contributed by atoms with Gasteiger partial charge in [0.2, 0.25) is 21.7 Å². The van der Waals surface area contributed by atoms with E-state index in [9.17, 15) is 41.0 Å². The van der Waals surface area contributed by atoms with Gasteiger partial charge < -0.3 is 19.8 Å². The summed E-state index contributed by atoms with van der Waals surface area (Å²) in [7, 11) is -4.63. The zero-order chi connectivity index (χ0) is 39.2. The fourth-order valence-corrected chi connectivity index (χ4v) is 7.20. The zero-order valence-corrected chi connectivity index (χ0v) is 30.3. The van der Waals surface area contributed by atoms with Gasteiger partial charge in [-0.25, -0.2) is 34.8 Å². The molecule has 1 aliphatic rings. The number of anilines is 1. The highest BCUT2D eigenvalue weighted by molar-refractivity contribution is 7.89. The second-order valence-electron chi connectivity index (χ2n) is 13.5. The topological polar surface area (TPSA) is 120 Å². The molecule has 0 aliphatic heterocycles. The van der Waals surface area contributed by atoms with Crippen molar-refractivity contribution in [1.29, 1.82) is 0 Å². The lowest BCUT2D eigenvalue weighted by atomic mass is 9.84. The molecule has 1 amide bonds. The molecule has 1 aromatic heterocycles. The van der Waals surface area contributed by atoms with Crippen LogP contribution in [0.25, 0.3) is 0 Å². The minimum Gasteiger partial charge on any atom is -0.495 e. The van der Waals surface area contributed by atoms with Gasteiger partial charge in [-0.15, -0.1) is 0 Å². The quantitative estimate of drug-likeness (QED) is 0.0677. The smallest absolute Gasteiger partial charge is 0.249 e. The second-order valence-corrected chi connectivity index (χ2v) is 15.8. The number of aliphatic hydroxyl groups excluding tert-OH is 1. The first kappa shape index (κ1) is 40.0. The van der Waals surface area contributed by atoms with Crippen LogP contribution in [0.4, 0.5) is 32.0 Å². The number of halogens is 7. The van der Waals surface area contributed by atoms with Crippen molar-refractivity contribution < 1.29 is 54.5 Å². The van der Waals surface area contributed by atoms with E-state index in [1.165, 1.54) is 25.3 Å². The molecule has 4 aromatic rings. The molecule has 0 unspecified atom stereocenters. The number of ether oxygens (including phenoxy) is 1. The predicted octanol–water partition coefficient (Wildman–Crippen LogP) is 7.16. The normalized spacial score (nSPS) is 13.6. The molecule has 284 valence electrons. The average molecular weight is 786 g/mol. The van der Waals surface area contributed by atoms with Crippen molar-refractivity contribution in [3.05, 3.63) is 117 Å². The van der Waals surface area contributed by atoms with Gasteiger partial charge in [-0.05, 0) is 59.1 Å². The largest absolute Gasteiger partial charge is 0.495 e. The molecule has 0 atom stereocenters. The summed E-state index contributed by atoms with van der Waals surface area (Å²) in [6.07, 6.45) is 0.844. The van der Waals surface area contributed by atoms with Crippen molar-refractivity contribution >= 4 is 33.2 Å². The number of methoxy groups -OCH3 is 1. The Bertz CT molecular complexity index is 2150. The minimum absolute atomic E-state index is 0.0272. The Kier molecular flexibility index (Phi) is 11.5. The standard InChI is InChI=1S/C36H34ClF6N3O6S/c1-36(2,3)22-10-18(9-21(11-22)19-5-6-19)15-46(26-8-7-20(35(48)49)12-27(26)52-4)28(47)17-45(16-25-24(38)13-23(37)14-44-25)53(50,51)34-32(42)30(40)29(39)31(41)33(34)43/h7-14,19,35,48-49H,5-6,15-17H2,1-4H3. The van der Waals surface area contributed by atoms with Gasteiger partial charge in [0.25, 0.3) is 0 Å². The van der Waals surface area contributed by atoms with Crippen LogP contribution in [0.5, 0.6) is 5.75 Å². The van der Waals surface area contributed by atoms with Gasteiger partial charge in [-0.1, -0.05) is 56.6 Å². The maximum absolute atomic E-state index is 15.0. The highest BCUT2D eigenvalue weighted by Crippen LogP contribution is 2.42. The number of hydrogen-bond donors (Lipinski definition) is 2. The first-order chi connectivity index (χ1) is 24.7. The number of hydrogen-bond acceptors (Lipinski definition) is 7. The van der Waals surface area contributed by atoms with Gasteiger partial charge in [0.05, 0.1) is 43.1 Å². The van der Waals surface area contributed by atoms with Crippen LogP contribution in [0.3, 0.4) is 0 Å². The van der Waals surface area contributed by atoms with Crippen molar-refractivity contribution in [3.8, 4) is 5.75 Å².